The summed E-state index contributed by atoms with van der Waals surface area (Å²) in [4.78, 5) is 26.2. The van der Waals surface area contributed by atoms with Gasteiger partial charge in [0, 0.05) is 23.7 Å². The molecule has 1 saturated carbocycles. The summed E-state index contributed by atoms with van der Waals surface area (Å²) in [5, 5.41) is 2.97. The number of hydrogen-bond acceptors (Lipinski definition) is 2. The molecule has 3 rings (SSSR count). The number of aromatic nitrogens is 1. The Morgan fingerprint density at radius 1 is 1.24 bits per heavy atom. The zero-order valence-corrected chi connectivity index (χ0v) is 12.0. The maximum atomic E-state index is 12.1. The Balaban J connectivity index is 1.65. The third-order valence-corrected chi connectivity index (χ3v) is 4.16. The molecule has 0 spiro atoms. The number of nitrogens with one attached hydrogen (secondary N) is 2. The second-order valence-electron chi connectivity index (χ2n) is 5.69. The minimum Gasteiger partial charge on any atom is -0.356 e. The number of benzene rings is 1. The van der Waals surface area contributed by atoms with E-state index in [1.54, 1.807) is 12.3 Å². The van der Waals surface area contributed by atoms with Crippen LogP contribution in [0, 0.1) is 0 Å². The number of hydrogen-bond donors (Lipinski definition) is 2. The molecular formula is C17H18N2O2. The summed E-state index contributed by atoms with van der Waals surface area (Å²) < 4.78 is 0. The largest absolute Gasteiger partial charge is 0.356 e. The van der Waals surface area contributed by atoms with Crippen molar-refractivity contribution < 1.29 is 9.59 Å². The summed E-state index contributed by atoms with van der Waals surface area (Å²) >= 11 is 0. The Bertz CT molecular complexity index is 669. The van der Waals surface area contributed by atoms with Crippen molar-refractivity contribution in [2.45, 2.75) is 25.2 Å². The van der Waals surface area contributed by atoms with E-state index in [0.717, 1.165) is 12.8 Å². The number of rotatable bonds is 5. The van der Waals surface area contributed by atoms with E-state index in [1.807, 2.05) is 18.2 Å². The molecule has 4 heteroatoms. The van der Waals surface area contributed by atoms with E-state index in [0.29, 0.717) is 17.8 Å². The second kappa shape index (κ2) is 5.20. The maximum absolute atomic E-state index is 12.1. The van der Waals surface area contributed by atoms with Crippen LogP contribution in [0.25, 0.3) is 0 Å². The normalized spacial score (nSPS) is 15.5. The van der Waals surface area contributed by atoms with Crippen LogP contribution in [-0.2, 0) is 5.41 Å². The molecule has 1 aromatic carbocycles. The van der Waals surface area contributed by atoms with Gasteiger partial charge in [-0.25, -0.2) is 0 Å². The molecule has 4 nitrogen and oxygen atoms in total. The molecule has 1 aliphatic rings. The van der Waals surface area contributed by atoms with Crippen LogP contribution in [0.3, 0.4) is 0 Å². The van der Waals surface area contributed by atoms with Gasteiger partial charge in [0.15, 0.2) is 5.78 Å². The average molecular weight is 282 g/mol. The fourth-order valence-corrected chi connectivity index (χ4v) is 2.58. The number of aromatic amines is 1. The first-order valence-corrected chi connectivity index (χ1v) is 7.14. The molecule has 108 valence electrons. The highest BCUT2D eigenvalue weighted by atomic mass is 16.2. The SMILES string of the molecule is CC(=O)c1c[nH]c(C(=O)NCC2(c3ccccc3)CC2)c1. The van der Waals surface area contributed by atoms with Crippen molar-refractivity contribution in [2.75, 3.05) is 6.54 Å². The lowest BCUT2D eigenvalue weighted by atomic mass is 9.96. The van der Waals surface area contributed by atoms with Crippen LogP contribution < -0.4 is 5.32 Å². The van der Waals surface area contributed by atoms with E-state index < -0.39 is 0 Å². The fourth-order valence-electron chi connectivity index (χ4n) is 2.58. The second-order valence-corrected chi connectivity index (χ2v) is 5.69. The summed E-state index contributed by atoms with van der Waals surface area (Å²) in [6, 6.07) is 11.9. The standard InChI is InChI=1S/C17H18N2O2/c1-12(20)13-9-15(18-10-13)16(21)19-11-17(7-8-17)14-5-3-2-4-6-14/h2-6,9-10,18H,7-8,11H2,1H3,(H,19,21). The number of H-pyrrole nitrogens is 1. The van der Waals surface area contributed by atoms with Crippen molar-refractivity contribution in [2.24, 2.45) is 0 Å². The minimum absolute atomic E-state index is 0.0479. The molecule has 0 saturated heterocycles. The zero-order chi connectivity index (χ0) is 14.9. The van der Waals surface area contributed by atoms with Crippen LogP contribution in [0.1, 0.15) is 46.2 Å². The van der Waals surface area contributed by atoms with Gasteiger partial charge >= 0.3 is 0 Å². The molecule has 0 radical (unpaired) electrons. The number of carbonyl (C=O) groups is 2. The Morgan fingerprint density at radius 2 is 1.95 bits per heavy atom. The molecule has 2 N–H and O–H groups in total. The number of amides is 1. The van der Waals surface area contributed by atoms with E-state index in [2.05, 4.69) is 22.4 Å². The molecule has 1 amide bonds. The molecule has 1 aromatic heterocycles. The summed E-state index contributed by atoms with van der Waals surface area (Å²) in [6.45, 7) is 2.11. The van der Waals surface area contributed by atoms with Gasteiger partial charge in [0.25, 0.3) is 5.91 Å². The quantitative estimate of drug-likeness (QED) is 0.828. The summed E-state index contributed by atoms with van der Waals surface area (Å²) in [6.07, 6.45) is 3.77. The van der Waals surface area contributed by atoms with Crippen LogP contribution in [0.2, 0.25) is 0 Å². The van der Waals surface area contributed by atoms with Gasteiger partial charge in [-0.15, -0.1) is 0 Å². The molecule has 2 aromatic rings. The van der Waals surface area contributed by atoms with Crippen LogP contribution >= 0.6 is 0 Å². The smallest absolute Gasteiger partial charge is 0.267 e. The van der Waals surface area contributed by atoms with E-state index in [4.69, 9.17) is 0 Å². The molecule has 1 aliphatic carbocycles. The third-order valence-electron chi connectivity index (χ3n) is 4.16. The van der Waals surface area contributed by atoms with Gasteiger partial charge in [-0.1, -0.05) is 30.3 Å². The minimum atomic E-state index is -0.162. The third kappa shape index (κ3) is 2.75. The van der Waals surface area contributed by atoms with Gasteiger partial charge in [-0.2, -0.15) is 0 Å². The number of Topliss-reactive ketones (excluding diaryl/α,β-unsaturated/α-hetero) is 1. The highest BCUT2D eigenvalue weighted by Crippen LogP contribution is 2.47. The lowest BCUT2D eigenvalue weighted by Crippen LogP contribution is -2.32. The molecule has 0 aliphatic heterocycles. The lowest BCUT2D eigenvalue weighted by molar-refractivity contribution is 0.0945. The highest BCUT2D eigenvalue weighted by molar-refractivity contribution is 5.99. The maximum Gasteiger partial charge on any atom is 0.267 e. The van der Waals surface area contributed by atoms with Gasteiger partial charge in [0.05, 0.1) is 0 Å². The van der Waals surface area contributed by atoms with E-state index >= 15 is 0 Å². The predicted molar refractivity (Wildman–Crippen MR) is 80.5 cm³/mol. The first-order chi connectivity index (χ1) is 10.1. The Hall–Kier alpha value is -2.36. The Kier molecular flexibility index (Phi) is 3.37. The van der Waals surface area contributed by atoms with Gasteiger partial charge < -0.3 is 10.3 Å². The van der Waals surface area contributed by atoms with Gasteiger partial charge in [0.2, 0.25) is 0 Å². The molecule has 1 heterocycles. The first kappa shape index (κ1) is 13.6. The molecule has 0 bridgehead atoms. The monoisotopic (exact) mass is 282 g/mol. The van der Waals surface area contributed by atoms with Crippen molar-refractivity contribution in [3.63, 3.8) is 0 Å². The highest BCUT2D eigenvalue weighted by Gasteiger charge is 2.44. The Labute approximate surface area is 123 Å². The molecule has 1 fully saturated rings. The van der Waals surface area contributed by atoms with Crippen molar-refractivity contribution in [3.05, 3.63) is 59.4 Å². The number of ketones is 1. The van der Waals surface area contributed by atoms with E-state index in [9.17, 15) is 9.59 Å². The van der Waals surface area contributed by atoms with E-state index in [1.165, 1.54) is 12.5 Å². The van der Waals surface area contributed by atoms with Gasteiger partial charge in [-0.3, -0.25) is 9.59 Å². The van der Waals surface area contributed by atoms with Crippen LogP contribution in [0.5, 0.6) is 0 Å². The number of carbonyl (C=O) groups excluding carboxylic acids is 2. The van der Waals surface area contributed by atoms with Crippen LogP contribution in [0.15, 0.2) is 42.6 Å². The van der Waals surface area contributed by atoms with Crippen LogP contribution in [-0.4, -0.2) is 23.2 Å². The van der Waals surface area contributed by atoms with Crippen LogP contribution in [0.4, 0.5) is 0 Å². The molecular weight excluding hydrogens is 264 g/mol. The van der Waals surface area contributed by atoms with Crippen molar-refractivity contribution >= 4 is 11.7 Å². The van der Waals surface area contributed by atoms with Crippen molar-refractivity contribution in [1.82, 2.24) is 10.3 Å². The molecule has 21 heavy (non-hydrogen) atoms. The van der Waals surface area contributed by atoms with Gasteiger partial charge in [0.1, 0.15) is 5.69 Å². The topological polar surface area (TPSA) is 62.0 Å². The Morgan fingerprint density at radius 3 is 2.52 bits per heavy atom. The molecule has 0 atom stereocenters. The lowest BCUT2D eigenvalue weighted by Gasteiger charge is -2.16. The first-order valence-electron chi connectivity index (χ1n) is 7.14. The molecule has 0 unspecified atom stereocenters. The van der Waals surface area contributed by atoms with Crippen molar-refractivity contribution in [3.8, 4) is 0 Å². The van der Waals surface area contributed by atoms with E-state index in [-0.39, 0.29) is 17.1 Å². The average Bonchev–Trinajstić information content (AvgIpc) is 3.12. The summed E-state index contributed by atoms with van der Waals surface area (Å²) in [7, 11) is 0. The fraction of sp³-hybridized carbons (Fsp3) is 0.294. The van der Waals surface area contributed by atoms with Gasteiger partial charge in [-0.05, 0) is 31.4 Å². The zero-order valence-electron chi connectivity index (χ0n) is 12.0. The van der Waals surface area contributed by atoms with Crippen molar-refractivity contribution in [1.29, 1.82) is 0 Å². The summed E-state index contributed by atoms with van der Waals surface area (Å²) in [5.41, 5.74) is 2.34. The summed E-state index contributed by atoms with van der Waals surface area (Å²) in [5.74, 6) is -0.210. The predicted octanol–water partition coefficient (Wildman–Crippen LogP) is 2.68.